The number of ether oxygens (including phenoxy) is 1. The molecule has 1 N–H and O–H groups in total. The van der Waals surface area contributed by atoms with E-state index in [0.717, 1.165) is 18.8 Å². The molecule has 4 nitrogen and oxygen atoms in total. The zero-order valence-corrected chi connectivity index (χ0v) is 17.0. The summed E-state index contributed by atoms with van der Waals surface area (Å²) in [5, 5.41) is 8.99. The first-order valence-corrected chi connectivity index (χ1v) is 11.0. The Morgan fingerprint density at radius 1 is 0.885 bits per heavy atom. The molecular weight excluding hydrogens is 328 g/mol. The van der Waals surface area contributed by atoms with Gasteiger partial charge in [0.1, 0.15) is 0 Å². The highest BCUT2D eigenvalue weighted by Gasteiger charge is 2.30. The number of carboxylic acid groups (broad SMARTS) is 1. The fourth-order valence-electron chi connectivity index (χ4n) is 3.98. The number of carboxylic acids is 1. The molecule has 0 spiro atoms. The van der Waals surface area contributed by atoms with Crippen molar-refractivity contribution in [3.63, 3.8) is 0 Å². The normalized spacial score (nSPS) is 21.3. The van der Waals surface area contributed by atoms with E-state index in [2.05, 4.69) is 13.8 Å². The molecule has 1 atom stereocenters. The Hall–Kier alpha value is -1.06. The smallest absolute Gasteiger partial charge is 0.308 e. The van der Waals surface area contributed by atoms with Crippen LogP contribution >= 0.6 is 0 Å². The van der Waals surface area contributed by atoms with Gasteiger partial charge in [-0.1, -0.05) is 71.6 Å². The van der Waals surface area contributed by atoms with E-state index in [1.807, 2.05) is 0 Å². The highest BCUT2D eigenvalue weighted by atomic mass is 16.5. The molecule has 4 heteroatoms. The number of hydrogen-bond acceptors (Lipinski definition) is 3. The molecule has 0 bridgehead atoms. The minimum Gasteiger partial charge on any atom is -0.481 e. The number of carbonyl (C=O) groups is 2. The van der Waals surface area contributed by atoms with Crippen LogP contribution in [-0.2, 0) is 14.3 Å². The minimum atomic E-state index is -0.729. The lowest BCUT2D eigenvalue weighted by molar-refractivity contribution is -0.152. The van der Waals surface area contributed by atoms with E-state index >= 15 is 0 Å². The van der Waals surface area contributed by atoms with Gasteiger partial charge in [-0.3, -0.25) is 9.59 Å². The molecule has 152 valence electrons. The van der Waals surface area contributed by atoms with Gasteiger partial charge >= 0.3 is 11.9 Å². The van der Waals surface area contributed by atoms with Gasteiger partial charge in [-0.05, 0) is 38.0 Å². The molecule has 0 aromatic heterocycles. The summed E-state index contributed by atoms with van der Waals surface area (Å²) in [7, 11) is 0. The number of aliphatic carboxylic acids is 1. The van der Waals surface area contributed by atoms with Gasteiger partial charge in [0.05, 0.1) is 18.4 Å². The van der Waals surface area contributed by atoms with Gasteiger partial charge in [0.15, 0.2) is 0 Å². The van der Waals surface area contributed by atoms with Crippen molar-refractivity contribution in [3.8, 4) is 0 Å². The number of hydrogen-bond donors (Lipinski definition) is 1. The first-order chi connectivity index (χ1) is 12.6. The lowest BCUT2D eigenvalue weighted by Gasteiger charge is -2.24. The first-order valence-electron chi connectivity index (χ1n) is 11.0. The maximum Gasteiger partial charge on any atom is 0.308 e. The van der Waals surface area contributed by atoms with Crippen molar-refractivity contribution in [2.45, 2.75) is 104 Å². The van der Waals surface area contributed by atoms with Crippen LogP contribution in [0.2, 0.25) is 0 Å². The fourth-order valence-corrected chi connectivity index (χ4v) is 3.98. The van der Waals surface area contributed by atoms with Gasteiger partial charge in [0.25, 0.3) is 0 Å². The molecular formula is C22H40O4. The predicted octanol–water partition coefficient (Wildman–Crippen LogP) is 5.98. The molecule has 0 aromatic carbocycles. The molecule has 0 heterocycles. The highest BCUT2D eigenvalue weighted by Crippen LogP contribution is 2.29. The molecule has 0 saturated heterocycles. The van der Waals surface area contributed by atoms with Gasteiger partial charge in [-0.2, -0.15) is 0 Å². The second kappa shape index (κ2) is 14.1. The number of unbranched alkanes of at least 4 members (excludes halogenated alkanes) is 5. The molecule has 1 aliphatic carbocycles. The molecule has 0 radical (unpaired) electrons. The minimum absolute atomic E-state index is 0.0836. The fraction of sp³-hybridized carbons (Fsp3) is 0.909. The SMILES string of the molecule is CCCCC(CC)CCCCCCCOC(=O)C1CCC(C(=O)O)CC1. The van der Waals surface area contributed by atoms with E-state index in [1.165, 1.54) is 51.4 Å². The quantitative estimate of drug-likeness (QED) is 0.303. The van der Waals surface area contributed by atoms with Crippen LogP contribution in [0.5, 0.6) is 0 Å². The molecule has 0 aliphatic heterocycles. The lowest BCUT2D eigenvalue weighted by Crippen LogP contribution is -2.27. The number of rotatable bonds is 14. The van der Waals surface area contributed by atoms with Gasteiger partial charge in [-0.25, -0.2) is 0 Å². The van der Waals surface area contributed by atoms with Gasteiger partial charge in [0, 0.05) is 0 Å². The van der Waals surface area contributed by atoms with E-state index in [4.69, 9.17) is 9.84 Å². The van der Waals surface area contributed by atoms with Gasteiger partial charge < -0.3 is 9.84 Å². The maximum absolute atomic E-state index is 12.0. The molecule has 1 aliphatic rings. The first kappa shape index (κ1) is 23.0. The standard InChI is InChI=1S/C22H40O4/c1-3-5-11-18(4-2)12-9-7-6-8-10-17-26-22(25)20-15-13-19(14-16-20)21(23)24/h18-20H,3-17H2,1-2H3,(H,23,24). The van der Waals surface area contributed by atoms with Crippen molar-refractivity contribution in [1.82, 2.24) is 0 Å². The van der Waals surface area contributed by atoms with Crippen LogP contribution in [0.4, 0.5) is 0 Å². The van der Waals surface area contributed by atoms with Crippen molar-refractivity contribution >= 4 is 11.9 Å². The van der Waals surface area contributed by atoms with E-state index in [1.54, 1.807) is 0 Å². The van der Waals surface area contributed by atoms with Gasteiger partial charge in [0.2, 0.25) is 0 Å². The number of carbonyl (C=O) groups excluding carboxylic acids is 1. The molecule has 1 unspecified atom stereocenters. The van der Waals surface area contributed by atoms with E-state index in [9.17, 15) is 9.59 Å². The van der Waals surface area contributed by atoms with Crippen LogP contribution in [0.15, 0.2) is 0 Å². The Bertz CT molecular complexity index is 386. The summed E-state index contributed by atoms with van der Waals surface area (Å²) < 4.78 is 5.40. The van der Waals surface area contributed by atoms with Crippen molar-refractivity contribution < 1.29 is 19.4 Å². The van der Waals surface area contributed by atoms with Crippen LogP contribution in [0.1, 0.15) is 104 Å². The van der Waals surface area contributed by atoms with E-state index in [0.29, 0.717) is 32.3 Å². The van der Waals surface area contributed by atoms with Crippen LogP contribution in [-0.4, -0.2) is 23.7 Å². The molecule has 1 rings (SSSR count). The highest BCUT2D eigenvalue weighted by molar-refractivity contribution is 5.74. The summed E-state index contributed by atoms with van der Waals surface area (Å²) in [5.41, 5.74) is 0. The lowest BCUT2D eigenvalue weighted by atomic mass is 9.82. The summed E-state index contributed by atoms with van der Waals surface area (Å²) >= 11 is 0. The van der Waals surface area contributed by atoms with Crippen molar-refractivity contribution in [1.29, 1.82) is 0 Å². The summed E-state index contributed by atoms with van der Waals surface area (Å²) in [6, 6.07) is 0. The molecule has 0 amide bonds. The Morgan fingerprint density at radius 3 is 2.08 bits per heavy atom. The third-order valence-electron chi connectivity index (χ3n) is 5.95. The van der Waals surface area contributed by atoms with Crippen LogP contribution in [0.25, 0.3) is 0 Å². The third kappa shape index (κ3) is 9.59. The summed E-state index contributed by atoms with van der Waals surface area (Å²) in [5.74, 6) is -0.289. The van der Waals surface area contributed by atoms with Crippen LogP contribution in [0.3, 0.4) is 0 Å². The average molecular weight is 369 g/mol. The Labute approximate surface area is 160 Å². The molecule has 1 fully saturated rings. The van der Waals surface area contributed by atoms with Crippen molar-refractivity contribution in [3.05, 3.63) is 0 Å². The summed E-state index contributed by atoms with van der Waals surface area (Å²) in [6.07, 6.45) is 15.2. The Kier molecular flexibility index (Phi) is 12.4. The zero-order valence-electron chi connectivity index (χ0n) is 17.0. The second-order valence-electron chi connectivity index (χ2n) is 8.03. The molecule has 0 aromatic rings. The maximum atomic E-state index is 12.0. The Balaban J connectivity index is 1.97. The molecule has 1 saturated carbocycles. The molecule has 26 heavy (non-hydrogen) atoms. The van der Waals surface area contributed by atoms with Crippen molar-refractivity contribution in [2.24, 2.45) is 17.8 Å². The Morgan fingerprint density at radius 2 is 1.46 bits per heavy atom. The third-order valence-corrected chi connectivity index (χ3v) is 5.95. The van der Waals surface area contributed by atoms with Crippen molar-refractivity contribution in [2.75, 3.05) is 6.61 Å². The van der Waals surface area contributed by atoms with Crippen LogP contribution < -0.4 is 0 Å². The topological polar surface area (TPSA) is 63.6 Å². The summed E-state index contributed by atoms with van der Waals surface area (Å²) in [4.78, 5) is 23.0. The monoisotopic (exact) mass is 368 g/mol. The largest absolute Gasteiger partial charge is 0.481 e. The van der Waals surface area contributed by atoms with E-state index in [-0.39, 0.29) is 17.8 Å². The second-order valence-corrected chi connectivity index (χ2v) is 8.03. The average Bonchev–Trinajstić information content (AvgIpc) is 2.66. The number of esters is 1. The summed E-state index contributed by atoms with van der Waals surface area (Å²) in [6.45, 7) is 5.09. The van der Waals surface area contributed by atoms with Gasteiger partial charge in [-0.15, -0.1) is 0 Å². The van der Waals surface area contributed by atoms with E-state index < -0.39 is 5.97 Å². The zero-order chi connectivity index (χ0) is 19.2. The predicted molar refractivity (Wildman–Crippen MR) is 105 cm³/mol. The van der Waals surface area contributed by atoms with Crippen LogP contribution in [0, 0.1) is 17.8 Å².